The highest BCUT2D eigenvalue weighted by Gasteiger charge is 2.52. The number of carbonyl (C=O) groups excluding carboxylic acids is 2. The highest BCUT2D eigenvalue weighted by atomic mass is 32.1. The predicted molar refractivity (Wildman–Crippen MR) is 166 cm³/mol. The molecule has 3 N–H and O–H groups in total. The normalized spacial score (nSPS) is 25.2. The van der Waals surface area contributed by atoms with Gasteiger partial charge in [0.05, 0.1) is 34.7 Å². The number of aromatic nitrogens is 1. The summed E-state index contributed by atoms with van der Waals surface area (Å²) in [6, 6.07) is 5.29. The molecule has 9 nitrogen and oxygen atoms in total. The molecule has 4 fully saturated rings. The molecule has 14 heteroatoms. The minimum Gasteiger partial charge on any atom is -0.496 e. The monoisotopic (exact) mass is 674 g/mol. The van der Waals surface area contributed by atoms with Crippen LogP contribution in [0.15, 0.2) is 30.3 Å². The van der Waals surface area contributed by atoms with Gasteiger partial charge in [-0.25, -0.2) is 9.37 Å². The minimum atomic E-state index is -4.91. The fraction of sp³-hybridized carbons (Fsp3) is 0.515. The number of amides is 2. The minimum absolute atomic E-state index is 0.0220. The van der Waals surface area contributed by atoms with Crippen LogP contribution in [0, 0.1) is 34.9 Å². The van der Waals surface area contributed by atoms with Gasteiger partial charge in [0.2, 0.25) is 5.91 Å². The van der Waals surface area contributed by atoms with Crippen LogP contribution in [0.4, 0.5) is 28.4 Å². The number of hydrogen-bond donors (Lipinski definition) is 3. The number of aliphatic carboxylic acids is 1. The van der Waals surface area contributed by atoms with Crippen molar-refractivity contribution in [3.05, 3.63) is 47.3 Å². The van der Waals surface area contributed by atoms with E-state index in [-0.39, 0.29) is 28.9 Å². The van der Waals surface area contributed by atoms with Gasteiger partial charge in [0.15, 0.2) is 5.13 Å². The molecule has 2 amide bonds. The quantitative estimate of drug-likeness (QED) is 0.251. The smallest absolute Gasteiger partial charge is 0.419 e. The van der Waals surface area contributed by atoms with Crippen molar-refractivity contribution in [1.29, 1.82) is 0 Å². The number of hydrogen-bond acceptors (Lipinski definition) is 7. The Labute approximate surface area is 271 Å². The number of fused-ring (bicyclic) bond motifs is 3. The van der Waals surface area contributed by atoms with Crippen molar-refractivity contribution in [2.24, 2.45) is 29.1 Å². The summed E-state index contributed by atoms with van der Waals surface area (Å²) in [5.41, 5.74) is -0.615. The molecule has 47 heavy (non-hydrogen) atoms. The maximum absolute atomic E-state index is 14.0. The van der Waals surface area contributed by atoms with E-state index in [1.807, 2.05) is 0 Å². The maximum atomic E-state index is 14.0. The molecular weight excluding hydrogens is 640 g/mol. The number of carboxylic acids is 1. The highest BCUT2D eigenvalue weighted by molar-refractivity contribution is 7.22. The van der Waals surface area contributed by atoms with E-state index >= 15 is 0 Å². The summed E-state index contributed by atoms with van der Waals surface area (Å²) in [5.74, 6) is -3.71. The summed E-state index contributed by atoms with van der Waals surface area (Å²) >= 11 is 1.38. The first-order valence-corrected chi connectivity index (χ1v) is 16.6. The van der Waals surface area contributed by atoms with Gasteiger partial charge in [-0.2, -0.15) is 13.2 Å². The van der Waals surface area contributed by atoms with Crippen molar-refractivity contribution in [2.75, 3.05) is 30.4 Å². The number of nitrogens with one attached hydrogen (secondary N) is 2. The number of carbonyl (C=O) groups is 3. The average molecular weight is 675 g/mol. The molecule has 3 aliphatic carbocycles. The van der Waals surface area contributed by atoms with E-state index in [0.717, 1.165) is 50.0 Å². The van der Waals surface area contributed by atoms with Crippen LogP contribution in [0.3, 0.4) is 0 Å². The van der Waals surface area contributed by atoms with Crippen LogP contribution in [0.25, 0.3) is 10.2 Å². The van der Waals surface area contributed by atoms with Gasteiger partial charge in [0, 0.05) is 24.8 Å². The lowest BCUT2D eigenvalue weighted by molar-refractivity contribution is -0.151. The van der Waals surface area contributed by atoms with Crippen LogP contribution in [0.2, 0.25) is 0 Å². The number of piperidine rings is 1. The third-order valence-corrected chi connectivity index (χ3v) is 12.0. The first kappa shape index (κ1) is 31.6. The van der Waals surface area contributed by atoms with Gasteiger partial charge in [0.1, 0.15) is 17.1 Å². The second-order valence-corrected chi connectivity index (χ2v) is 14.4. The molecule has 3 saturated carbocycles. The summed E-state index contributed by atoms with van der Waals surface area (Å²) in [4.78, 5) is 45.9. The Bertz CT molecular complexity index is 1750. The number of ether oxygens (including phenoxy) is 1. The summed E-state index contributed by atoms with van der Waals surface area (Å²) in [6.45, 7) is 1.48. The van der Waals surface area contributed by atoms with Gasteiger partial charge in [0.25, 0.3) is 5.91 Å². The van der Waals surface area contributed by atoms with Crippen LogP contribution in [0.5, 0.6) is 5.75 Å². The number of rotatable bonds is 7. The molecule has 0 radical (unpaired) electrons. The Morgan fingerprint density at radius 3 is 2.49 bits per heavy atom. The predicted octanol–water partition coefficient (Wildman–Crippen LogP) is 6.33. The molecule has 250 valence electrons. The molecule has 1 aromatic heterocycles. The van der Waals surface area contributed by atoms with Gasteiger partial charge in [-0.1, -0.05) is 11.3 Å². The fourth-order valence-electron chi connectivity index (χ4n) is 8.37. The molecule has 4 atom stereocenters. The lowest BCUT2D eigenvalue weighted by Gasteiger charge is -2.50. The molecule has 2 heterocycles. The Kier molecular flexibility index (Phi) is 7.84. The Morgan fingerprint density at radius 2 is 1.81 bits per heavy atom. The van der Waals surface area contributed by atoms with Crippen molar-refractivity contribution in [3.63, 3.8) is 0 Å². The molecule has 0 unspecified atom stereocenters. The summed E-state index contributed by atoms with van der Waals surface area (Å²) in [6.07, 6.45) is 0.537. The van der Waals surface area contributed by atoms with E-state index in [1.54, 1.807) is 12.1 Å². The first-order chi connectivity index (χ1) is 22.4. The Morgan fingerprint density at radius 1 is 1.09 bits per heavy atom. The standard InChI is InChI=1S/C33H34F4N4O5S/c1-46-23-7-6-22-27(47-31(39-22)41-10-8-32(9-11-41)14-18(15-32)30(44)45)25(23)29(43)40-26-17-3-2-16(12-17)24(26)28(42)38-19-4-5-21(34)20(13-19)33(35,36)37/h4-7,13,16-18,24,26H,2-3,8-12,14-15H2,1H3,(H,38,42)(H,40,43)(H,44,45)/t16-,17+,24+,26-/m1/s1. The number of halogens is 4. The van der Waals surface area contributed by atoms with Crippen molar-refractivity contribution < 1.29 is 41.8 Å². The number of nitrogens with zero attached hydrogens (tertiary/aromatic N) is 2. The van der Waals surface area contributed by atoms with Gasteiger partial charge in [-0.15, -0.1) is 0 Å². The van der Waals surface area contributed by atoms with Crippen LogP contribution < -0.4 is 20.3 Å². The maximum Gasteiger partial charge on any atom is 0.419 e. The molecule has 1 spiro atoms. The Hall–Kier alpha value is -3.94. The largest absolute Gasteiger partial charge is 0.496 e. The van der Waals surface area contributed by atoms with E-state index in [0.29, 0.717) is 52.9 Å². The molecule has 2 bridgehead atoms. The van der Waals surface area contributed by atoms with E-state index in [9.17, 15) is 37.1 Å². The molecule has 7 rings (SSSR count). The fourth-order valence-corrected chi connectivity index (χ4v) is 9.52. The van der Waals surface area contributed by atoms with Crippen LogP contribution in [-0.2, 0) is 15.8 Å². The molecule has 2 aromatic carbocycles. The number of benzene rings is 2. The summed E-state index contributed by atoms with van der Waals surface area (Å²) in [5, 5.41) is 15.7. The van der Waals surface area contributed by atoms with Gasteiger partial charge in [-0.3, -0.25) is 14.4 Å². The van der Waals surface area contributed by atoms with Crippen LogP contribution >= 0.6 is 11.3 Å². The van der Waals surface area contributed by atoms with Crippen molar-refractivity contribution in [2.45, 2.75) is 57.2 Å². The number of thiazole rings is 1. The SMILES string of the molecule is COc1ccc2nc(N3CCC4(CC3)CC(C(=O)O)C4)sc2c1C(=O)N[C@@H]1[C@H]2CC[C@H](C2)[C@@H]1C(=O)Nc1ccc(F)c(C(F)(F)F)c1. The summed E-state index contributed by atoms with van der Waals surface area (Å²) in [7, 11) is 1.47. The second-order valence-electron chi connectivity index (χ2n) is 13.5. The zero-order valence-electron chi connectivity index (χ0n) is 25.5. The second kappa shape index (κ2) is 11.6. The zero-order chi connectivity index (χ0) is 33.2. The Balaban J connectivity index is 1.10. The lowest BCUT2D eigenvalue weighted by atomic mass is 9.57. The number of carboxylic acid groups (broad SMARTS) is 1. The topological polar surface area (TPSA) is 121 Å². The van der Waals surface area contributed by atoms with E-state index in [1.165, 1.54) is 18.4 Å². The molecule has 1 aliphatic heterocycles. The molecular formula is C33H34F4N4O5S. The third-order valence-electron chi connectivity index (χ3n) is 10.8. The van der Waals surface area contributed by atoms with Gasteiger partial charge < -0.3 is 25.4 Å². The van der Waals surface area contributed by atoms with Gasteiger partial charge >= 0.3 is 12.1 Å². The number of methoxy groups -OCH3 is 1. The molecule has 4 aliphatic rings. The van der Waals surface area contributed by atoms with Crippen molar-refractivity contribution in [1.82, 2.24) is 10.3 Å². The first-order valence-electron chi connectivity index (χ1n) is 15.8. The lowest BCUT2D eigenvalue weighted by Crippen LogP contribution is -2.49. The van der Waals surface area contributed by atoms with Crippen molar-refractivity contribution in [3.8, 4) is 5.75 Å². The highest BCUT2D eigenvalue weighted by Crippen LogP contribution is 2.53. The van der Waals surface area contributed by atoms with E-state index < -0.39 is 47.3 Å². The molecule has 3 aromatic rings. The number of alkyl halides is 3. The zero-order valence-corrected chi connectivity index (χ0v) is 26.3. The van der Waals surface area contributed by atoms with Crippen LogP contribution in [-0.4, -0.2) is 54.1 Å². The van der Waals surface area contributed by atoms with E-state index in [4.69, 9.17) is 9.72 Å². The van der Waals surface area contributed by atoms with Gasteiger partial charge in [-0.05, 0) is 92.5 Å². The average Bonchev–Trinajstić information content (AvgIpc) is 3.75. The van der Waals surface area contributed by atoms with E-state index in [2.05, 4.69) is 15.5 Å². The van der Waals surface area contributed by atoms with Crippen LogP contribution in [0.1, 0.15) is 60.9 Å². The molecule has 1 saturated heterocycles. The van der Waals surface area contributed by atoms with Crippen molar-refractivity contribution >= 4 is 50.2 Å². The summed E-state index contributed by atoms with van der Waals surface area (Å²) < 4.78 is 59.9. The number of anilines is 2. The third kappa shape index (κ3) is 5.67.